The van der Waals surface area contributed by atoms with Gasteiger partial charge < -0.3 is 0 Å². The van der Waals surface area contributed by atoms with E-state index in [2.05, 4.69) is 20.5 Å². The Labute approximate surface area is 102 Å². The van der Waals surface area contributed by atoms with Crippen LogP contribution < -0.4 is 0 Å². The Bertz CT molecular complexity index is 479. The summed E-state index contributed by atoms with van der Waals surface area (Å²) >= 11 is 1.54. The highest BCUT2D eigenvalue weighted by molar-refractivity contribution is 7.99. The first-order valence-corrected chi connectivity index (χ1v) is 6.12. The first-order valence-electron chi connectivity index (χ1n) is 5.13. The highest BCUT2D eigenvalue weighted by Gasteiger charge is 2.05. The predicted octanol–water partition coefficient (Wildman–Crippen LogP) is 0.619. The highest BCUT2D eigenvalue weighted by atomic mass is 32.2. The summed E-state index contributed by atoms with van der Waals surface area (Å²) in [7, 11) is 1.79. The molecule has 0 atom stereocenters. The number of tetrazole rings is 1. The van der Waals surface area contributed by atoms with Crippen molar-refractivity contribution in [3.8, 4) is 0 Å². The van der Waals surface area contributed by atoms with Crippen LogP contribution in [0.2, 0.25) is 0 Å². The van der Waals surface area contributed by atoms with Gasteiger partial charge in [0.25, 0.3) is 0 Å². The molecular weight excluding hydrogens is 240 g/mol. The molecule has 8 heteroatoms. The maximum Gasteiger partial charge on any atom is 0.231 e. The van der Waals surface area contributed by atoms with Gasteiger partial charge in [-0.1, -0.05) is 11.8 Å². The second-order valence-electron chi connectivity index (χ2n) is 3.40. The SMILES string of the molecule is Cn1nnnc1SCCCC(=O)n1ccnc1. The molecule has 2 rings (SSSR count). The zero-order chi connectivity index (χ0) is 12.1. The van der Waals surface area contributed by atoms with E-state index in [1.54, 1.807) is 35.9 Å². The van der Waals surface area contributed by atoms with Gasteiger partial charge in [-0.05, 0) is 16.8 Å². The lowest BCUT2D eigenvalue weighted by Crippen LogP contribution is -2.08. The van der Waals surface area contributed by atoms with Gasteiger partial charge in [0.2, 0.25) is 11.1 Å². The van der Waals surface area contributed by atoms with E-state index in [4.69, 9.17) is 0 Å². The number of carbonyl (C=O) groups is 1. The molecule has 0 unspecified atom stereocenters. The molecule has 0 bridgehead atoms. The number of nitrogens with zero attached hydrogens (tertiary/aromatic N) is 6. The second-order valence-corrected chi connectivity index (χ2v) is 4.46. The molecule has 0 spiro atoms. The van der Waals surface area contributed by atoms with Crippen molar-refractivity contribution in [3.05, 3.63) is 18.7 Å². The van der Waals surface area contributed by atoms with Gasteiger partial charge in [-0.25, -0.2) is 9.67 Å². The number of thioether (sulfide) groups is 1. The molecule has 0 N–H and O–H groups in total. The Hall–Kier alpha value is -1.70. The summed E-state index contributed by atoms with van der Waals surface area (Å²) in [5.41, 5.74) is 0. The molecule has 7 nitrogen and oxygen atoms in total. The fourth-order valence-electron chi connectivity index (χ4n) is 1.27. The lowest BCUT2D eigenvalue weighted by Gasteiger charge is -2.00. The van der Waals surface area contributed by atoms with Crippen molar-refractivity contribution in [3.63, 3.8) is 0 Å². The van der Waals surface area contributed by atoms with Crippen LogP contribution in [0.5, 0.6) is 0 Å². The molecule has 0 radical (unpaired) electrons. The lowest BCUT2D eigenvalue weighted by atomic mass is 10.3. The van der Waals surface area contributed by atoms with E-state index in [1.165, 1.54) is 10.9 Å². The van der Waals surface area contributed by atoms with Crippen LogP contribution in [0.15, 0.2) is 23.9 Å². The van der Waals surface area contributed by atoms with Crippen molar-refractivity contribution in [1.82, 2.24) is 29.8 Å². The zero-order valence-corrected chi connectivity index (χ0v) is 10.2. The van der Waals surface area contributed by atoms with Gasteiger partial charge in [0.05, 0.1) is 0 Å². The standard InChI is InChI=1S/C9H12N6OS/c1-14-9(11-12-13-14)17-6-2-3-8(16)15-5-4-10-7-15/h4-5,7H,2-3,6H2,1H3. The Morgan fingerprint density at radius 1 is 1.53 bits per heavy atom. The molecule has 0 fully saturated rings. The summed E-state index contributed by atoms with van der Waals surface area (Å²) in [6.07, 6.45) is 6.05. The predicted molar refractivity (Wildman–Crippen MR) is 61.6 cm³/mol. The van der Waals surface area contributed by atoms with Gasteiger partial charge in [0.15, 0.2) is 0 Å². The maximum atomic E-state index is 11.6. The average Bonchev–Trinajstić information content (AvgIpc) is 2.96. The minimum atomic E-state index is 0.0548. The molecule has 0 saturated heterocycles. The van der Waals surface area contributed by atoms with Gasteiger partial charge >= 0.3 is 0 Å². The summed E-state index contributed by atoms with van der Waals surface area (Å²) in [5.74, 6) is 0.869. The number of hydrogen-bond acceptors (Lipinski definition) is 6. The minimum absolute atomic E-state index is 0.0548. The summed E-state index contributed by atoms with van der Waals surface area (Å²) in [6.45, 7) is 0. The molecule has 0 aliphatic heterocycles. The van der Waals surface area contributed by atoms with Crippen molar-refractivity contribution < 1.29 is 4.79 Å². The van der Waals surface area contributed by atoms with Gasteiger partial charge in [-0.15, -0.1) is 5.10 Å². The summed E-state index contributed by atoms with van der Waals surface area (Å²) in [5, 5.41) is 11.9. The molecule has 2 aromatic heterocycles. The van der Waals surface area contributed by atoms with E-state index < -0.39 is 0 Å². The van der Waals surface area contributed by atoms with Crippen LogP contribution in [0.4, 0.5) is 0 Å². The van der Waals surface area contributed by atoms with Crippen molar-refractivity contribution in [2.45, 2.75) is 18.0 Å². The molecule has 17 heavy (non-hydrogen) atoms. The number of carbonyl (C=O) groups excluding carboxylic acids is 1. The van der Waals surface area contributed by atoms with Crippen LogP contribution in [0.3, 0.4) is 0 Å². The summed E-state index contributed by atoms with van der Waals surface area (Å²) < 4.78 is 3.11. The first-order chi connectivity index (χ1) is 8.27. The van der Waals surface area contributed by atoms with E-state index in [0.29, 0.717) is 6.42 Å². The molecular formula is C9H12N6OS. The van der Waals surface area contributed by atoms with Crippen molar-refractivity contribution in [1.29, 1.82) is 0 Å². The Kier molecular flexibility index (Phi) is 3.86. The molecule has 0 saturated carbocycles. The maximum absolute atomic E-state index is 11.6. The van der Waals surface area contributed by atoms with E-state index >= 15 is 0 Å². The van der Waals surface area contributed by atoms with Crippen LogP contribution >= 0.6 is 11.8 Å². The molecule has 0 aliphatic rings. The molecule has 0 aliphatic carbocycles. The molecule has 2 heterocycles. The fourth-order valence-corrected chi connectivity index (χ4v) is 2.05. The summed E-state index contributed by atoms with van der Waals surface area (Å²) in [4.78, 5) is 15.4. The van der Waals surface area contributed by atoms with Crippen LogP contribution in [0.25, 0.3) is 0 Å². The number of rotatable bonds is 5. The van der Waals surface area contributed by atoms with Crippen LogP contribution in [0.1, 0.15) is 17.6 Å². The largest absolute Gasteiger partial charge is 0.276 e. The topological polar surface area (TPSA) is 78.5 Å². The van der Waals surface area contributed by atoms with Crippen LogP contribution in [-0.2, 0) is 7.05 Å². The Balaban J connectivity index is 1.70. The Morgan fingerprint density at radius 2 is 2.41 bits per heavy atom. The number of imidazole rings is 1. The molecule has 0 amide bonds. The van der Waals surface area contributed by atoms with Crippen LogP contribution in [0, 0.1) is 0 Å². The van der Waals surface area contributed by atoms with E-state index in [-0.39, 0.29) is 5.91 Å². The van der Waals surface area contributed by atoms with Crippen molar-refractivity contribution in [2.24, 2.45) is 7.05 Å². The van der Waals surface area contributed by atoms with Gasteiger partial charge in [-0.2, -0.15) is 0 Å². The third-order valence-corrected chi connectivity index (χ3v) is 3.24. The highest BCUT2D eigenvalue weighted by Crippen LogP contribution is 2.14. The second kappa shape index (κ2) is 5.58. The van der Waals surface area contributed by atoms with E-state index in [0.717, 1.165) is 17.3 Å². The summed E-state index contributed by atoms with van der Waals surface area (Å²) in [6, 6.07) is 0. The molecule has 90 valence electrons. The number of aromatic nitrogens is 6. The van der Waals surface area contributed by atoms with Crippen molar-refractivity contribution >= 4 is 17.7 Å². The third-order valence-electron chi connectivity index (χ3n) is 2.14. The van der Waals surface area contributed by atoms with Gasteiger partial charge in [0, 0.05) is 31.6 Å². The van der Waals surface area contributed by atoms with E-state index in [9.17, 15) is 4.79 Å². The van der Waals surface area contributed by atoms with Crippen molar-refractivity contribution in [2.75, 3.05) is 5.75 Å². The lowest BCUT2D eigenvalue weighted by molar-refractivity contribution is 0.0902. The quantitative estimate of drug-likeness (QED) is 0.573. The number of hydrogen-bond donors (Lipinski definition) is 0. The smallest absolute Gasteiger partial charge is 0.231 e. The van der Waals surface area contributed by atoms with Gasteiger partial charge in [0.1, 0.15) is 6.33 Å². The zero-order valence-electron chi connectivity index (χ0n) is 9.35. The third kappa shape index (κ3) is 3.13. The Morgan fingerprint density at radius 3 is 3.06 bits per heavy atom. The monoisotopic (exact) mass is 252 g/mol. The number of aryl methyl sites for hydroxylation is 1. The molecule has 2 aromatic rings. The minimum Gasteiger partial charge on any atom is -0.276 e. The van der Waals surface area contributed by atoms with E-state index in [1.807, 2.05) is 0 Å². The molecule has 0 aromatic carbocycles. The first kappa shape index (κ1) is 11.8. The fraction of sp³-hybridized carbons (Fsp3) is 0.444. The van der Waals surface area contributed by atoms with Gasteiger partial charge in [-0.3, -0.25) is 9.36 Å². The van der Waals surface area contributed by atoms with Crippen LogP contribution in [-0.4, -0.2) is 41.4 Å². The average molecular weight is 252 g/mol. The normalized spacial score (nSPS) is 10.6.